The van der Waals surface area contributed by atoms with Crippen LogP contribution in [0.1, 0.15) is 26.7 Å². The minimum atomic E-state index is -0.308. The van der Waals surface area contributed by atoms with Gasteiger partial charge in [0.25, 0.3) is 0 Å². The van der Waals surface area contributed by atoms with Gasteiger partial charge >= 0.3 is 5.97 Å². The van der Waals surface area contributed by atoms with Gasteiger partial charge in [0, 0.05) is 19.5 Å². The van der Waals surface area contributed by atoms with Crippen molar-refractivity contribution in [1.82, 2.24) is 4.90 Å². The van der Waals surface area contributed by atoms with E-state index in [2.05, 4.69) is 0 Å². The molecule has 0 radical (unpaired) electrons. The maximum absolute atomic E-state index is 11.7. The Balaban J connectivity index is 2.26. The van der Waals surface area contributed by atoms with E-state index in [0.717, 1.165) is 0 Å². The third-order valence-corrected chi connectivity index (χ3v) is 2.44. The van der Waals surface area contributed by atoms with Gasteiger partial charge < -0.3 is 14.4 Å². The number of carbonyl (C=O) groups excluding carboxylic acids is 2. The molecule has 0 spiro atoms. The molecule has 0 bridgehead atoms. The van der Waals surface area contributed by atoms with Crippen molar-refractivity contribution in [2.75, 3.05) is 26.3 Å². The van der Waals surface area contributed by atoms with Gasteiger partial charge in [-0.1, -0.05) is 0 Å². The van der Waals surface area contributed by atoms with Crippen LogP contribution < -0.4 is 0 Å². The summed E-state index contributed by atoms with van der Waals surface area (Å²) in [6.07, 6.45) is 0.476. The Hall–Kier alpha value is -1.10. The summed E-state index contributed by atoms with van der Waals surface area (Å²) in [5, 5.41) is 0. The SMILES string of the molecule is CCOC(=O)CCC(=O)N1CCOC(C)C1. The number of hydrogen-bond acceptors (Lipinski definition) is 4. The highest BCUT2D eigenvalue weighted by molar-refractivity contribution is 5.81. The molecule has 5 nitrogen and oxygen atoms in total. The van der Waals surface area contributed by atoms with Crippen LogP contribution >= 0.6 is 0 Å². The van der Waals surface area contributed by atoms with Gasteiger partial charge in [-0.15, -0.1) is 0 Å². The average molecular weight is 229 g/mol. The maximum atomic E-state index is 11.7. The van der Waals surface area contributed by atoms with E-state index in [-0.39, 0.29) is 30.8 Å². The molecular weight excluding hydrogens is 210 g/mol. The van der Waals surface area contributed by atoms with Crippen molar-refractivity contribution < 1.29 is 19.1 Å². The lowest BCUT2D eigenvalue weighted by Gasteiger charge is -2.31. The van der Waals surface area contributed by atoms with Crippen molar-refractivity contribution >= 4 is 11.9 Å². The number of hydrogen-bond donors (Lipinski definition) is 0. The van der Waals surface area contributed by atoms with Crippen LogP contribution in [0, 0.1) is 0 Å². The smallest absolute Gasteiger partial charge is 0.306 e. The van der Waals surface area contributed by atoms with E-state index in [0.29, 0.717) is 26.3 Å². The van der Waals surface area contributed by atoms with Gasteiger partial charge in [0.1, 0.15) is 0 Å². The third kappa shape index (κ3) is 4.18. The molecule has 0 aromatic rings. The fourth-order valence-corrected chi connectivity index (χ4v) is 1.65. The van der Waals surface area contributed by atoms with E-state index >= 15 is 0 Å². The molecule has 0 aliphatic carbocycles. The molecule has 0 aromatic carbocycles. The zero-order valence-corrected chi connectivity index (χ0v) is 9.90. The molecule has 5 heteroatoms. The lowest BCUT2D eigenvalue weighted by molar-refractivity contribution is -0.147. The molecular formula is C11H19NO4. The number of ether oxygens (including phenoxy) is 2. The predicted molar refractivity (Wildman–Crippen MR) is 57.9 cm³/mol. The third-order valence-electron chi connectivity index (χ3n) is 2.44. The highest BCUT2D eigenvalue weighted by atomic mass is 16.5. The average Bonchev–Trinajstić information content (AvgIpc) is 2.26. The second-order valence-corrected chi connectivity index (χ2v) is 3.83. The monoisotopic (exact) mass is 229 g/mol. The van der Waals surface area contributed by atoms with Crippen LogP contribution in [-0.2, 0) is 19.1 Å². The van der Waals surface area contributed by atoms with E-state index in [9.17, 15) is 9.59 Å². The number of amides is 1. The van der Waals surface area contributed by atoms with Gasteiger partial charge in [-0.2, -0.15) is 0 Å². The first kappa shape index (κ1) is 13.0. The van der Waals surface area contributed by atoms with Crippen molar-refractivity contribution in [3.05, 3.63) is 0 Å². The van der Waals surface area contributed by atoms with Crippen molar-refractivity contribution in [3.63, 3.8) is 0 Å². The minimum Gasteiger partial charge on any atom is -0.466 e. The summed E-state index contributed by atoms with van der Waals surface area (Å²) in [4.78, 5) is 24.5. The van der Waals surface area contributed by atoms with Crippen LogP contribution in [0.25, 0.3) is 0 Å². The van der Waals surface area contributed by atoms with Gasteiger partial charge in [-0.3, -0.25) is 9.59 Å². The van der Waals surface area contributed by atoms with E-state index in [1.165, 1.54) is 0 Å². The summed E-state index contributed by atoms with van der Waals surface area (Å²) in [6.45, 7) is 5.86. The van der Waals surface area contributed by atoms with Crippen molar-refractivity contribution in [2.24, 2.45) is 0 Å². The van der Waals surface area contributed by atoms with Crippen LogP contribution in [0.5, 0.6) is 0 Å². The van der Waals surface area contributed by atoms with Crippen LogP contribution in [-0.4, -0.2) is 49.2 Å². The first-order valence-electron chi connectivity index (χ1n) is 5.68. The fraction of sp³-hybridized carbons (Fsp3) is 0.818. The predicted octanol–water partition coefficient (Wildman–Crippen LogP) is 0.577. The Kier molecular flexibility index (Phi) is 5.25. The van der Waals surface area contributed by atoms with Crippen molar-refractivity contribution in [3.8, 4) is 0 Å². The molecule has 1 heterocycles. The number of nitrogens with zero attached hydrogens (tertiary/aromatic N) is 1. The minimum absolute atomic E-state index is 0.00297. The zero-order valence-electron chi connectivity index (χ0n) is 9.90. The van der Waals surface area contributed by atoms with Crippen molar-refractivity contribution in [1.29, 1.82) is 0 Å². The Morgan fingerprint density at radius 3 is 2.81 bits per heavy atom. The largest absolute Gasteiger partial charge is 0.466 e. The normalized spacial score (nSPS) is 20.6. The maximum Gasteiger partial charge on any atom is 0.306 e. The van der Waals surface area contributed by atoms with E-state index < -0.39 is 0 Å². The standard InChI is InChI=1S/C11H19NO4/c1-3-15-11(14)5-4-10(13)12-6-7-16-9(2)8-12/h9H,3-8H2,1-2H3. The highest BCUT2D eigenvalue weighted by Crippen LogP contribution is 2.07. The van der Waals surface area contributed by atoms with Gasteiger partial charge in [0.05, 0.1) is 25.7 Å². The molecule has 1 fully saturated rings. The Morgan fingerprint density at radius 1 is 1.44 bits per heavy atom. The van der Waals surface area contributed by atoms with Gasteiger partial charge in [-0.05, 0) is 13.8 Å². The lowest BCUT2D eigenvalue weighted by Crippen LogP contribution is -2.44. The molecule has 92 valence electrons. The molecule has 0 N–H and O–H groups in total. The molecule has 0 saturated carbocycles. The Morgan fingerprint density at radius 2 is 2.19 bits per heavy atom. The molecule has 1 atom stereocenters. The Labute approximate surface area is 95.7 Å². The first-order chi connectivity index (χ1) is 7.63. The van der Waals surface area contributed by atoms with Crippen LogP contribution in [0.4, 0.5) is 0 Å². The summed E-state index contributed by atoms with van der Waals surface area (Å²) in [5.74, 6) is -0.305. The zero-order chi connectivity index (χ0) is 12.0. The molecule has 1 rings (SSSR count). The Bertz CT molecular complexity index is 254. The number of esters is 1. The van der Waals surface area contributed by atoms with Gasteiger partial charge in [0.15, 0.2) is 0 Å². The topological polar surface area (TPSA) is 55.8 Å². The van der Waals surface area contributed by atoms with Gasteiger partial charge in [0.2, 0.25) is 5.91 Å². The molecule has 1 aliphatic heterocycles. The number of rotatable bonds is 4. The molecule has 0 aromatic heterocycles. The molecule has 1 aliphatic rings. The quantitative estimate of drug-likeness (QED) is 0.662. The van der Waals surface area contributed by atoms with Crippen LogP contribution in [0.2, 0.25) is 0 Å². The summed E-state index contributed by atoms with van der Waals surface area (Å²) < 4.78 is 10.1. The lowest BCUT2D eigenvalue weighted by atomic mass is 10.2. The first-order valence-corrected chi connectivity index (χ1v) is 5.68. The highest BCUT2D eigenvalue weighted by Gasteiger charge is 2.21. The number of carbonyl (C=O) groups is 2. The molecule has 1 amide bonds. The summed E-state index contributed by atoms with van der Waals surface area (Å²) in [5.41, 5.74) is 0. The molecule has 16 heavy (non-hydrogen) atoms. The summed E-state index contributed by atoms with van der Waals surface area (Å²) in [7, 11) is 0. The van der Waals surface area contributed by atoms with Gasteiger partial charge in [-0.25, -0.2) is 0 Å². The fourth-order valence-electron chi connectivity index (χ4n) is 1.65. The van der Waals surface area contributed by atoms with Crippen LogP contribution in [0.15, 0.2) is 0 Å². The van der Waals surface area contributed by atoms with E-state index in [1.54, 1.807) is 11.8 Å². The number of morpholine rings is 1. The summed E-state index contributed by atoms with van der Waals surface area (Å²) in [6, 6.07) is 0. The molecule has 1 unspecified atom stereocenters. The van der Waals surface area contributed by atoms with E-state index in [4.69, 9.17) is 9.47 Å². The van der Waals surface area contributed by atoms with Crippen LogP contribution in [0.3, 0.4) is 0 Å². The van der Waals surface area contributed by atoms with E-state index in [1.807, 2.05) is 6.92 Å². The summed E-state index contributed by atoms with van der Waals surface area (Å²) >= 11 is 0. The van der Waals surface area contributed by atoms with Crippen molar-refractivity contribution in [2.45, 2.75) is 32.8 Å². The second kappa shape index (κ2) is 6.48. The molecule has 1 saturated heterocycles. The second-order valence-electron chi connectivity index (χ2n) is 3.83.